The van der Waals surface area contributed by atoms with E-state index in [-0.39, 0.29) is 5.75 Å². The number of aryl methyl sites for hydroxylation is 2. The standard InChI is InChI=1S/C23H29N3O3S/c27-23(25-22-20-11-4-9-18(20)15-19-10-5-12-21(19)22)26-30(28,29)14-6-13-24-16-17-7-2-1-3-8-17/h1-3,7-8,15,24H,4-6,9-14,16H2,(H2,25,26,27). The minimum absolute atomic E-state index is 0.0901. The molecule has 0 spiro atoms. The first-order chi connectivity index (χ1) is 14.5. The fourth-order valence-corrected chi connectivity index (χ4v) is 5.47. The lowest BCUT2D eigenvalue weighted by atomic mass is 9.99. The van der Waals surface area contributed by atoms with Crippen molar-refractivity contribution in [1.82, 2.24) is 10.0 Å². The molecule has 0 fully saturated rings. The largest absolute Gasteiger partial charge is 0.332 e. The highest BCUT2D eigenvalue weighted by molar-refractivity contribution is 7.90. The third-order valence-electron chi connectivity index (χ3n) is 5.90. The van der Waals surface area contributed by atoms with E-state index >= 15 is 0 Å². The van der Waals surface area contributed by atoms with Gasteiger partial charge in [0.05, 0.1) is 5.75 Å². The number of rotatable bonds is 8. The highest BCUT2D eigenvalue weighted by atomic mass is 32.2. The summed E-state index contributed by atoms with van der Waals surface area (Å²) in [7, 11) is -3.68. The van der Waals surface area contributed by atoms with Crippen molar-refractivity contribution in [2.45, 2.75) is 51.5 Å². The number of hydrogen-bond acceptors (Lipinski definition) is 4. The third kappa shape index (κ3) is 5.02. The molecule has 2 aromatic rings. The third-order valence-corrected chi connectivity index (χ3v) is 7.22. The van der Waals surface area contributed by atoms with Gasteiger partial charge in [-0.1, -0.05) is 36.4 Å². The summed E-state index contributed by atoms with van der Waals surface area (Å²) in [6.45, 7) is 1.26. The van der Waals surface area contributed by atoms with Gasteiger partial charge in [0.15, 0.2) is 0 Å². The topological polar surface area (TPSA) is 87.3 Å². The summed E-state index contributed by atoms with van der Waals surface area (Å²) in [6.07, 6.45) is 6.56. The van der Waals surface area contributed by atoms with Gasteiger partial charge in [0, 0.05) is 12.2 Å². The van der Waals surface area contributed by atoms with E-state index in [1.165, 1.54) is 22.3 Å². The van der Waals surface area contributed by atoms with E-state index in [1.807, 2.05) is 30.3 Å². The highest BCUT2D eigenvalue weighted by Crippen LogP contribution is 2.38. The van der Waals surface area contributed by atoms with Crippen LogP contribution >= 0.6 is 0 Å². The Balaban J connectivity index is 1.29. The molecule has 0 unspecified atom stereocenters. The van der Waals surface area contributed by atoms with Crippen molar-refractivity contribution in [1.29, 1.82) is 0 Å². The summed E-state index contributed by atoms with van der Waals surface area (Å²) < 4.78 is 26.9. The number of benzene rings is 2. The zero-order chi connectivity index (χ0) is 21.0. The number of hydrogen-bond donors (Lipinski definition) is 3. The Hall–Kier alpha value is -2.38. The van der Waals surface area contributed by atoms with Crippen LogP contribution in [0.3, 0.4) is 0 Å². The fraction of sp³-hybridized carbons (Fsp3) is 0.435. The van der Waals surface area contributed by atoms with Gasteiger partial charge in [0.25, 0.3) is 0 Å². The van der Waals surface area contributed by atoms with Crippen molar-refractivity contribution in [3.05, 3.63) is 64.2 Å². The van der Waals surface area contributed by atoms with Crippen LogP contribution in [0.15, 0.2) is 36.4 Å². The van der Waals surface area contributed by atoms with Gasteiger partial charge >= 0.3 is 6.03 Å². The Kier molecular flexibility index (Phi) is 6.39. The molecule has 2 aliphatic rings. The second-order valence-corrected chi connectivity index (χ2v) is 9.97. The first kappa shape index (κ1) is 20.9. The molecule has 0 atom stereocenters. The summed E-state index contributed by atoms with van der Waals surface area (Å²) in [5, 5.41) is 6.11. The first-order valence-electron chi connectivity index (χ1n) is 10.7. The molecule has 0 saturated carbocycles. The van der Waals surface area contributed by atoms with Gasteiger partial charge in [-0.05, 0) is 79.3 Å². The van der Waals surface area contributed by atoms with E-state index < -0.39 is 16.1 Å². The Bertz CT molecular complexity index is 987. The molecule has 30 heavy (non-hydrogen) atoms. The molecule has 4 rings (SSSR count). The van der Waals surface area contributed by atoms with E-state index in [0.29, 0.717) is 19.5 Å². The Morgan fingerprint density at radius 3 is 2.27 bits per heavy atom. The van der Waals surface area contributed by atoms with Crippen LogP contribution < -0.4 is 15.4 Å². The molecular formula is C23H29N3O3S. The number of anilines is 1. The van der Waals surface area contributed by atoms with Crippen LogP contribution in [0, 0.1) is 0 Å². The van der Waals surface area contributed by atoms with Gasteiger partial charge in [0.2, 0.25) is 10.0 Å². The number of amides is 2. The normalized spacial score (nSPS) is 14.9. The van der Waals surface area contributed by atoms with Crippen molar-refractivity contribution in [2.75, 3.05) is 17.6 Å². The first-order valence-corrected chi connectivity index (χ1v) is 12.4. The molecule has 0 radical (unpaired) electrons. The Labute approximate surface area is 178 Å². The molecule has 160 valence electrons. The number of nitrogens with one attached hydrogen (secondary N) is 3. The maximum Gasteiger partial charge on any atom is 0.332 e. The van der Waals surface area contributed by atoms with Gasteiger partial charge in [0.1, 0.15) is 0 Å². The van der Waals surface area contributed by atoms with Crippen molar-refractivity contribution in [3.8, 4) is 0 Å². The summed E-state index contributed by atoms with van der Waals surface area (Å²) in [4.78, 5) is 12.5. The Morgan fingerprint density at radius 2 is 1.60 bits per heavy atom. The van der Waals surface area contributed by atoms with Crippen LogP contribution in [0.2, 0.25) is 0 Å². The average Bonchev–Trinajstić information content (AvgIpc) is 3.37. The van der Waals surface area contributed by atoms with Crippen LogP contribution in [-0.2, 0) is 42.3 Å². The molecule has 0 bridgehead atoms. The molecule has 0 aliphatic heterocycles. The van der Waals surface area contributed by atoms with Gasteiger partial charge in [-0.25, -0.2) is 17.9 Å². The smallest absolute Gasteiger partial charge is 0.313 e. The number of carbonyl (C=O) groups excluding carboxylic acids is 1. The molecule has 3 N–H and O–H groups in total. The number of fused-ring (bicyclic) bond motifs is 2. The minimum atomic E-state index is -3.68. The molecule has 2 aliphatic carbocycles. The van der Waals surface area contributed by atoms with Crippen molar-refractivity contribution in [3.63, 3.8) is 0 Å². The van der Waals surface area contributed by atoms with Crippen LogP contribution in [0.4, 0.5) is 10.5 Å². The highest BCUT2D eigenvalue weighted by Gasteiger charge is 2.25. The SMILES string of the molecule is O=C(Nc1c2c(cc3c1CCC3)CCC2)NS(=O)(=O)CCCNCc1ccccc1. The summed E-state index contributed by atoms with van der Waals surface area (Å²) in [6, 6.07) is 11.6. The second kappa shape index (κ2) is 9.18. The predicted molar refractivity (Wildman–Crippen MR) is 119 cm³/mol. The number of carbonyl (C=O) groups is 1. The van der Waals surface area contributed by atoms with E-state index in [0.717, 1.165) is 49.8 Å². The van der Waals surface area contributed by atoms with E-state index in [9.17, 15) is 13.2 Å². The summed E-state index contributed by atoms with van der Waals surface area (Å²) in [5.41, 5.74) is 6.99. The fourth-order valence-electron chi connectivity index (χ4n) is 4.51. The average molecular weight is 428 g/mol. The van der Waals surface area contributed by atoms with Crippen LogP contribution in [-0.4, -0.2) is 26.7 Å². The van der Waals surface area contributed by atoms with E-state index in [1.54, 1.807) is 0 Å². The maximum atomic E-state index is 12.5. The van der Waals surface area contributed by atoms with E-state index in [2.05, 4.69) is 21.4 Å². The maximum absolute atomic E-state index is 12.5. The lowest BCUT2D eigenvalue weighted by molar-refractivity contribution is 0.256. The van der Waals surface area contributed by atoms with Gasteiger partial charge in [-0.15, -0.1) is 0 Å². The van der Waals surface area contributed by atoms with Crippen molar-refractivity contribution in [2.24, 2.45) is 0 Å². The summed E-state index contributed by atoms with van der Waals surface area (Å²) in [5.74, 6) is -0.0901. The van der Waals surface area contributed by atoms with Crippen molar-refractivity contribution < 1.29 is 13.2 Å². The zero-order valence-corrected chi connectivity index (χ0v) is 18.0. The van der Waals surface area contributed by atoms with Crippen LogP contribution in [0.5, 0.6) is 0 Å². The second-order valence-electron chi connectivity index (χ2n) is 8.13. The molecule has 2 aromatic carbocycles. The summed E-state index contributed by atoms with van der Waals surface area (Å²) >= 11 is 0. The quantitative estimate of drug-likeness (QED) is 0.564. The molecule has 0 heterocycles. The molecule has 0 aromatic heterocycles. The lowest BCUT2D eigenvalue weighted by Gasteiger charge is -2.16. The minimum Gasteiger partial charge on any atom is -0.313 e. The monoisotopic (exact) mass is 427 g/mol. The van der Waals surface area contributed by atoms with Crippen LogP contribution in [0.1, 0.15) is 47.1 Å². The van der Waals surface area contributed by atoms with Crippen molar-refractivity contribution >= 4 is 21.7 Å². The van der Waals surface area contributed by atoms with Gasteiger partial charge in [-0.2, -0.15) is 0 Å². The lowest BCUT2D eigenvalue weighted by Crippen LogP contribution is -2.37. The van der Waals surface area contributed by atoms with Gasteiger partial charge < -0.3 is 10.6 Å². The molecule has 2 amide bonds. The number of sulfonamides is 1. The van der Waals surface area contributed by atoms with Crippen LogP contribution in [0.25, 0.3) is 0 Å². The zero-order valence-electron chi connectivity index (χ0n) is 17.2. The van der Waals surface area contributed by atoms with Gasteiger partial charge in [-0.3, -0.25) is 0 Å². The molecule has 6 nitrogen and oxygen atoms in total. The predicted octanol–water partition coefficient (Wildman–Crippen LogP) is 3.30. The molecule has 0 saturated heterocycles. The Morgan fingerprint density at radius 1 is 0.933 bits per heavy atom. The van der Waals surface area contributed by atoms with E-state index in [4.69, 9.17) is 0 Å². The molecule has 7 heteroatoms. The molecular weight excluding hydrogens is 398 g/mol. The number of urea groups is 1.